The zero-order valence-corrected chi connectivity index (χ0v) is 14.8. The number of halogens is 1. The highest BCUT2D eigenvalue weighted by atomic mass is 35.5. The molecule has 0 spiro atoms. The van der Waals surface area contributed by atoms with Gasteiger partial charge in [0.2, 0.25) is 0 Å². The summed E-state index contributed by atoms with van der Waals surface area (Å²) in [6, 6.07) is 0. The van der Waals surface area contributed by atoms with Crippen molar-refractivity contribution >= 4 is 18.3 Å². The topological polar surface area (TPSA) is 64.8 Å². The minimum Gasteiger partial charge on any atom is -0.378 e. The molecule has 2 atom stereocenters. The van der Waals surface area contributed by atoms with Gasteiger partial charge in [0.05, 0.1) is 12.2 Å². The van der Waals surface area contributed by atoms with Crippen molar-refractivity contribution < 1.29 is 14.3 Å². The Balaban J connectivity index is 0.00000192. The molecule has 1 aliphatic carbocycles. The molecule has 2 heterocycles. The maximum absolute atomic E-state index is 12.5. The smallest absolute Gasteiger partial charge is 0.251 e. The average Bonchev–Trinajstić information content (AvgIpc) is 3.24. The molecule has 1 amide bonds. The molecule has 1 saturated carbocycles. The highest BCUT2D eigenvalue weighted by Crippen LogP contribution is 2.27. The molecule has 3 rings (SSSR count). The summed E-state index contributed by atoms with van der Waals surface area (Å²) in [6.07, 6.45) is 9.20. The molecule has 3 aliphatic rings. The molecule has 0 radical (unpaired) electrons. The molecule has 6 heteroatoms. The van der Waals surface area contributed by atoms with E-state index in [0.717, 1.165) is 51.3 Å². The SMILES string of the molecule is Cl.NC[C@H]1CC[C@@H](C(=O)N2CCC(OCC3CCCC3)CC2)O1. The van der Waals surface area contributed by atoms with E-state index in [4.69, 9.17) is 15.2 Å². The van der Waals surface area contributed by atoms with E-state index >= 15 is 0 Å². The molecular formula is C17H31ClN2O3. The lowest BCUT2D eigenvalue weighted by atomic mass is 10.1. The fraction of sp³-hybridized carbons (Fsp3) is 0.941. The summed E-state index contributed by atoms with van der Waals surface area (Å²) < 4.78 is 11.8. The van der Waals surface area contributed by atoms with Crippen LogP contribution in [0.4, 0.5) is 0 Å². The number of likely N-dealkylation sites (tertiary alicyclic amines) is 1. The van der Waals surface area contributed by atoms with E-state index in [2.05, 4.69) is 0 Å². The van der Waals surface area contributed by atoms with Crippen LogP contribution in [-0.2, 0) is 14.3 Å². The van der Waals surface area contributed by atoms with E-state index in [1.807, 2.05) is 4.90 Å². The normalized spacial score (nSPS) is 29.7. The highest BCUT2D eigenvalue weighted by molar-refractivity contribution is 5.85. The Morgan fingerprint density at radius 3 is 2.39 bits per heavy atom. The van der Waals surface area contributed by atoms with Crippen molar-refractivity contribution in [2.24, 2.45) is 11.7 Å². The van der Waals surface area contributed by atoms with E-state index in [1.165, 1.54) is 25.7 Å². The first kappa shape index (κ1) is 19.0. The molecule has 134 valence electrons. The number of ether oxygens (including phenoxy) is 2. The van der Waals surface area contributed by atoms with Gasteiger partial charge in [-0.25, -0.2) is 0 Å². The maximum atomic E-state index is 12.5. The minimum absolute atomic E-state index is 0. The van der Waals surface area contributed by atoms with E-state index < -0.39 is 0 Å². The van der Waals surface area contributed by atoms with Gasteiger partial charge in [-0.05, 0) is 44.4 Å². The van der Waals surface area contributed by atoms with Crippen molar-refractivity contribution in [2.45, 2.75) is 69.7 Å². The van der Waals surface area contributed by atoms with Crippen LogP contribution in [0.2, 0.25) is 0 Å². The fourth-order valence-electron chi connectivity index (χ4n) is 3.96. The number of hydrogen-bond acceptors (Lipinski definition) is 4. The lowest BCUT2D eigenvalue weighted by molar-refractivity contribution is -0.145. The average molecular weight is 347 g/mol. The monoisotopic (exact) mass is 346 g/mol. The number of hydrogen-bond donors (Lipinski definition) is 1. The Kier molecular flexibility index (Phi) is 7.60. The number of carbonyl (C=O) groups is 1. The summed E-state index contributed by atoms with van der Waals surface area (Å²) in [4.78, 5) is 14.4. The first-order chi connectivity index (χ1) is 10.8. The van der Waals surface area contributed by atoms with Crippen molar-refractivity contribution in [3.63, 3.8) is 0 Å². The first-order valence-corrected chi connectivity index (χ1v) is 9.02. The molecule has 0 aromatic carbocycles. The lowest BCUT2D eigenvalue weighted by Gasteiger charge is -2.33. The second-order valence-corrected chi connectivity index (χ2v) is 7.07. The summed E-state index contributed by atoms with van der Waals surface area (Å²) in [7, 11) is 0. The van der Waals surface area contributed by atoms with Crippen LogP contribution in [0, 0.1) is 5.92 Å². The van der Waals surface area contributed by atoms with Gasteiger partial charge in [-0.15, -0.1) is 12.4 Å². The molecule has 2 saturated heterocycles. The number of piperidine rings is 1. The molecular weight excluding hydrogens is 316 g/mol. The third kappa shape index (κ3) is 5.05. The summed E-state index contributed by atoms with van der Waals surface area (Å²) in [5.74, 6) is 0.935. The highest BCUT2D eigenvalue weighted by Gasteiger charge is 2.34. The molecule has 0 aromatic rings. The van der Waals surface area contributed by atoms with Gasteiger partial charge >= 0.3 is 0 Å². The number of amides is 1. The van der Waals surface area contributed by atoms with Crippen LogP contribution in [0.1, 0.15) is 51.4 Å². The van der Waals surface area contributed by atoms with Gasteiger partial charge in [-0.1, -0.05) is 12.8 Å². The molecule has 23 heavy (non-hydrogen) atoms. The Bertz CT molecular complexity index is 369. The standard InChI is InChI=1S/C17H30N2O3.ClH/c18-11-15-5-6-16(22-15)17(20)19-9-7-14(8-10-19)21-12-13-3-1-2-4-13;/h13-16H,1-12,18H2;1H/t15-,16+;/m1./s1. The minimum atomic E-state index is -0.260. The van der Waals surface area contributed by atoms with Crippen LogP contribution in [0.5, 0.6) is 0 Å². The first-order valence-electron chi connectivity index (χ1n) is 9.02. The Morgan fingerprint density at radius 1 is 1.09 bits per heavy atom. The van der Waals surface area contributed by atoms with E-state index in [-0.39, 0.29) is 30.5 Å². The predicted molar refractivity (Wildman–Crippen MR) is 91.7 cm³/mol. The molecule has 2 aliphatic heterocycles. The third-order valence-electron chi connectivity index (χ3n) is 5.44. The summed E-state index contributed by atoms with van der Waals surface area (Å²) in [5.41, 5.74) is 5.61. The van der Waals surface area contributed by atoms with Gasteiger partial charge in [-0.2, -0.15) is 0 Å². The molecule has 3 fully saturated rings. The van der Waals surface area contributed by atoms with E-state index in [9.17, 15) is 4.79 Å². The largest absolute Gasteiger partial charge is 0.378 e. The zero-order chi connectivity index (χ0) is 15.4. The predicted octanol–water partition coefficient (Wildman–Crippen LogP) is 2.11. The number of rotatable bonds is 5. The summed E-state index contributed by atoms with van der Waals surface area (Å²) >= 11 is 0. The number of carbonyl (C=O) groups excluding carboxylic acids is 1. The number of nitrogens with two attached hydrogens (primary N) is 1. The Labute approximate surface area is 145 Å². The van der Waals surface area contributed by atoms with Crippen molar-refractivity contribution in [1.82, 2.24) is 4.90 Å². The molecule has 0 aromatic heterocycles. The van der Waals surface area contributed by atoms with Crippen molar-refractivity contribution in [3.05, 3.63) is 0 Å². The van der Waals surface area contributed by atoms with Gasteiger partial charge in [-0.3, -0.25) is 4.79 Å². The summed E-state index contributed by atoms with van der Waals surface area (Å²) in [5, 5.41) is 0. The van der Waals surface area contributed by atoms with Gasteiger partial charge < -0.3 is 20.1 Å². The molecule has 5 nitrogen and oxygen atoms in total. The second kappa shape index (κ2) is 9.21. The van der Waals surface area contributed by atoms with Crippen LogP contribution in [-0.4, -0.2) is 55.4 Å². The van der Waals surface area contributed by atoms with Crippen LogP contribution >= 0.6 is 12.4 Å². The van der Waals surface area contributed by atoms with Crippen LogP contribution in [0.25, 0.3) is 0 Å². The van der Waals surface area contributed by atoms with Gasteiger partial charge in [0, 0.05) is 26.2 Å². The van der Waals surface area contributed by atoms with Crippen molar-refractivity contribution in [3.8, 4) is 0 Å². The van der Waals surface area contributed by atoms with Crippen LogP contribution in [0.3, 0.4) is 0 Å². The summed E-state index contributed by atoms with van der Waals surface area (Å²) in [6.45, 7) is 3.05. The lowest BCUT2D eigenvalue weighted by Crippen LogP contribution is -2.45. The van der Waals surface area contributed by atoms with Crippen molar-refractivity contribution in [2.75, 3.05) is 26.2 Å². The van der Waals surface area contributed by atoms with E-state index in [0.29, 0.717) is 12.6 Å². The van der Waals surface area contributed by atoms with E-state index in [1.54, 1.807) is 0 Å². The number of nitrogens with zero attached hydrogens (tertiary/aromatic N) is 1. The maximum Gasteiger partial charge on any atom is 0.251 e. The Morgan fingerprint density at radius 2 is 1.78 bits per heavy atom. The van der Waals surface area contributed by atoms with Crippen LogP contribution < -0.4 is 5.73 Å². The molecule has 2 N–H and O–H groups in total. The Hall–Kier alpha value is -0.360. The van der Waals surface area contributed by atoms with Crippen molar-refractivity contribution in [1.29, 1.82) is 0 Å². The molecule has 0 bridgehead atoms. The second-order valence-electron chi connectivity index (χ2n) is 7.07. The molecule has 0 unspecified atom stereocenters. The van der Waals surface area contributed by atoms with Gasteiger partial charge in [0.15, 0.2) is 0 Å². The quantitative estimate of drug-likeness (QED) is 0.828. The fourth-order valence-corrected chi connectivity index (χ4v) is 3.96. The van der Waals surface area contributed by atoms with Gasteiger partial charge in [0.25, 0.3) is 5.91 Å². The van der Waals surface area contributed by atoms with Gasteiger partial charge in [0.1, 0.15) is 6.10 Å². The van der Waals surface area contributed by atoms with Crippen LogP contribution in [0.15, 0.2) is 0 Å². The third-order valence-corrected chi connectivity index (χ3v) is 5.44. The zero-order valence-electron chi connectivity index (χ0n) is 14.0.